The van der Waals surface area contributed by atoms with E-state index in [9.17, 15) is 26.4 Å². The SMILES string of the molecule is CCS(=O)(=O)N1CCC2(CCCN(C(=O)c3cccnc3)C2)C1.O=C(O)C(F)(F)F. The summed E-state index contributed by atoms with van der Waals surface area (Å²) in [6.07, 6.45) is 0.902. The average Bonchev–Trinajstić information content (AvgIpc) is 3.12. The zero-order valence-electron chi connectivity index (χ0n) is 16.4. The fourth-order valence-corrected chi connectivity index (χ4v) is 4.91. The van der Waals surface area contributed by atoms with Gasteiger partial charge < -0.3 is 10.0 Å². The molecule has 168 valence electrons. The van der Waals surface area contributed by atoms with Crippen molar-refractivity contribution in [2.24, 2.45) is 5.41 Å². The van der Waals surface area contributed by atoms with Crippen LogP contribution in [0.2, 0.25) is 0 Å². The van der Waals surface area contributed by atoms with Crippen molar-refractivity contribution < 1.29 is 36.3 Å². The minimum atomic E-state index is -5.08. The molecule has 1 aromatic rings. The van der Waals surface area contributed by atoms with Gasteiger partial charge in [-0.05, 0) is 38.3 Å². The van der Waals surface area contributed by atoms with Crippen molar-refractivity contribution in [1.82, 2.24) is 14.2 Å². The van der Waals surface area contributed by atoms with Crippen LogP contribution >= 0.6 is 0 Å². The van der Waals surface area contributed by atoms with Gasteiger partial charge in [-0.2, -0.15) is 13.2 Å². The number of likely N-dealkylation sites (tertiary alicyclic amines) is 1. The van der Waals surface area contributed by atoms with E-state index in [1.165, 1.54) is 0 Å². The van der Waals surface area contributed by atoms with Crippen molar-refractivity contribution in [2.75, 3.05) is 31.9 Å². The molecule has 12 heteroatoms. The number of alkyl halides is 3. The van der Waals surface area contributed by atoms with Crippen LogP contribution in [0.4, 0.5) is 13.2 Å². The first-order chi connectivity index (χ1) is 13.9. The van der Waals surface area contributed by atoms with Gasteiger partial charge in [-0.25, -0.2) is 17.5 Å². The Morgan fingerprint density at radius 2 is 1.90 bits per heavy atom. The highest BCUT2D eigenvalue weighted by Gasteiger charge is 2.45. The lowest BCUT2D eigenvalue weighted by molar-refractivity contribution is -0.192. The third-order valence-corrected chi connectivity index (χ3v) is 7.09. The number of hydrogen-bond donors (Lipinski definition) is 1. The molecule has 1 spiro atoms. The highest BCUT2D eigenvalue weighted by Crippen LogP contribution is 2.40. The molecule has 0 saturated carbocycles. The molecule has 1 unspecified atom stereocenters. The summed E-state index contributed by atoms with van der Waals surface area (Å²) in [4.78, 5) is 27.4. The topological polar surface area (TPSA) is 108 Å². The first kappa shape index (κ1) is 24.1. The quantitative estimate of drug-likeness (QED) is 0.753. The third kappa shape index (κ3) is 5.91. The summed E-state index contributed by atoms with van der Waals surface area (Å²) in [5.41, 5.74) is 0.513. The molecule has 2 fully saturated rings. The Morgan fingerprint density at radius 3 is 2.43 bits per heavy atom. The lowest BCUT2D eigenvalue weighted by atomic mass is 9.79. The molecule has 1 aromatic heterocycles. The van der Waals surface area contributed by atoms with E-state index in [-0.39, 0.29) is 17.1 Å². The molecule has 2 aliphatic heterocycles. The minimum Gasteiger partial charge on any atom is -0.475 e. The number of nitrogens with zero attached hydrogens (tertiary/aromatic N) is 3. The molecular weight excluding hydrogens is 427 g/mol. The zero-order valence-corrected chi connectivity index (χ0v) is 17.2. The molecule has 2 saturated heterocycles. The largest absolute Gasteiger partial charge is 0.490 e. The number of piperidine rings is 1. The number of carboxylic acid groups (broad SMARTS) is 1. The molecule has 0 radical (unpaired) electrons. The van der Waals surface area contributed by atoms with E-state index < -0.39 is 22.2 Å². The summed E-state index contributed by atoms with van der Waals surface area (Å²) in [6.45, 7) is 4.16. The molecule has 3 heterocycles. The summed E-state index contributed by atoms with van der Waals surface area (Å²) < 4.78 is 57.5. The normalized spacial score (nSPS) is 22.5. The van der Waals surface area contributed by atoms with Gasteiger partial charge in [0.15, 0.2) is 0 Å². The standard InChI is InChI=1S/C16H23N3O3S.C2HF3O2/c1-2-23(21,22)19-10-7-16(13-19)6-4-9-18(12-16)15(20)14-5-3-8-17-11-14;3-2(4,5)1(6)7/h3,5,8,11H,2,4,6-7,9-10,12-13H2,1H3;(H,6,7). The van der Waals surface area contributed by atoms with Crippen molar-refractivity contribution in [3.8, 4) is 0 Å². The summed E-state index contributed by atoms with van der Waals surface area (Å²) >= 11 is 0. The molecule has 0 aromatic carbocycles. The van der Waals surface area contributed by atoms with Gasteiger partial charge in [-0.1, -0.05) is 0 Å². The Labute approximate surface area is 172 Å². The molecule has 30 heavy (non-hydrogen) atoms. The second-order valence-electron chi connectivity index (χ2n) is 7.36. The van der Waals surface area contributed by atoms with E-state index in [1.807, 2.05) is 4.90 Å². The van der Waals surface area contributed by atoms with Gasteiger partial charge >= 0.3 is 12.1 Å². The Morgan fingerprint density at radius 1 is 1.23 bits per heavy atom. The van der Waals surface area contributed by atoms with Crippen LogP contribution in [-0.2, 0) is 14.8 Å². The van der Waals surface area contributed by atoms with E-state index in [1.54, 1.807) is 35.8 Å². The van der Waals surface area contributed by atoms with Gasteiger partial charge in [-0.15, -0.1) is 0 Å². The number of sulfonamides is 1. The summed E-state index contributed by atoms with van der Waals surface area (Å²) in [7, 11) is -3.14. The molecule has 2 aliphatic rings. The maximum absolute atomic E-state index is 12.6. The van der Waals surface area contributed by atoms with Crippen LogP contribution in [0, 0.1) is 5.41 Å². The van der Waals surface area contributed by atoms with Gasteiger partial charge in [0.25, 0.3) is 5.91 Å². The monoisotopic (exact) mass is 451 g/mol. The predicted octanol–water partition coefficient (Wildman–Crippen LogP) is 1.99. The van der Waals surface area contributed by atoms with Crippen molar-refractivity contribution in [3.63, 3.8) is 0 Å². The Kier molecular flexibility index (Phi) is 7.45. The fourth-order valence-electron chi connectivity index (χ4n) is 3.70. The third-order valence-electron chi connectivity index (χ3n) is 5.26. The van der Waals surface area contributed by atoms with E-state index in [4.69, 9.17) is 9.90 Å². The van der Waals surface area contributed by atoms with Gasteiger partial charge in [0.2, 0.25) is 10.0 Å². The van der Waals surface area contributed by atoms with Crippen LogP contribution in [0.1, 0.15) is 36.5 Å². The summed E-state index contributed by atoms with van der Waals surface area (Å²) in [6, 6.07) is 3.54. The second-order valence-corrected chi connectivity index (χ2v) is 9.62. The first-order valence-electron chi connectivity index (χ1n) is 9.37. The molecule has 1 amide bonds. The number of hydrogen-bond acceptors (Lipinski definition) is 5. The van der Waals surface area contributed by atoms with Crippen molar-refractivity contribution in [2.45, 2.75) is 32.4 Å². The van der Waals surface area contributed by atoms with Crippen LogP contribution in [0.15, 0.2) is 24.5 Å². The average molecular weight is 451 g/mol. The number of carboxylic acids is 1. The van der Waals surface area contributed by atoms with Gasteiger partial charge in [0.05, 0.1) is 11.3 Å². The number of carbonyl (C=O) groups is 2. The predicted molar refractivity (Wildman–Crippen MR) is 101 cm³/mol. The van der Waals surface area contributed by atoms with Gasteiger partial charge in [-0.3, -0.25) is 9.78 Å². The highest BCUT2D eigenvalue weighted by molar-refractivity contribution is 7.89. The van der Waals surface area contributed by atoms with Gasteiger partial charge in [0.1, 0.15) is 0 Å². The Bertz CT molecular complexity index is 864. The molecular formula is C18H24F3N3O5S. The molecule has 1 N–H and O–H groups in total. The number of amides is 1. The zero-order chi connectivity index (χ0) is 22.6. The number of carbonyl (C=O) groups excluding carboxylic acids is 1. The Balaban J connectivity index is 0.000000396. The van der Waals surface area contributed by atoms with Crippen molar-refractivity contribution in [1.29, 1.82) is 0 Å². The van der Waals surface area contributed by atoms with Crippen LogP contribution in [0.25, 0.3) is 0 Å². The van der Waals surface area contributed by atoms with E-state index in [2.05, 4.69) is 4.98 Å². The summed E-state index contributed by atoms with van der Waals surface area (Å²) in [5, 5.41) is 7.12. The second kappa shape index (κ2) is 9.29. The number of rotatable bonds is 3. The number of aromatic nitrogens is 1. The van der Waals surface area contributed by atoms with Crippen LogP contribution in [-0.4, -0.2) is 77.7 Å². The number of halogens is 3. The van der Waals surface area contributed by atoms with E-state index >= 15 is 0 Å². The van der Waals surface area contributed by atoms with Crippen molar-refractivity contribution in [3.05, 3.63) is 30.1 Å². The highest BCUT2D eigenvalue weighted by atomic mass is 32.2. The molecule has 8 nitrogen and oxygen atoms in total. The van der Waals surface area contributed by atoms with E-state index in [0.717, 1.165) is 25.8 Å². The van der Waals surface area contributed by atoms with Crippen LogP contribution in [0.5, 0.6) is 0 Å². The van der Waals surface area contributed by atoms with Crippen LogP contribution < -0.4 is 0 Å². The lowest BCUT2D eigenvalue weighted by Crippen LogP contribution is -2.47. The van der Waals surface area contributed by atoms with Gasteiger partial charge in [0, 0.05) is 44.0 Å². The first-order valence-corrected chi connectivity index (χ1v) is 11.0. The van der Waals surface area contributed by atoms with E-state index in [0.29, 0.717) is 25.2 Å². The molecule has 0 bridgehead atoms. The van der Waals surface area contributed by atoms with Crippen LogP contribution in [0.3, 0.4) is 0 Å². The maximum atomic E-state index is 12.6. The molecule has 1 atom stereocenters. The smallest absolute Gasteiger partial charge is 0.475 e. The summed E-state index contributed by atoms with van der Waals surface area (Å²) in [5.74, 6) is -2.62. The van der Waals surface area contributed by atoms with Crippen molar-refractivity contribution >= 4 is 21.9 Å². The lowest BCUT2D eigenvalue weighted by Gasteiger charge is -2.40. The maximum Gasteiger partial charge on any atom is 0.490 e. The number of pyridine rings is 1. The fraction of sp³-hybridized carbons (Fsp3) is 0.611. The Hall–Kier alpha value is -2.21. The molecule has 0 aliphatic carbocycles. The molecule has 3 rings (SSSR count). The number of aliphatic carboxylic acids is 1. The minimum absolute atomic E-state index is 0.00558.